The van der Waals surface area contributed by atoms with Crippen LogP contribution >= 0.6 is 11.8 Å². The Morgan fingerprint density at radius 2 is 1.88 bits per heavy atom. The lowest BCUT2D eigenvalue weighted by molar-refractivity contribution is -0.384. The molecule has 11 heteroatoms. The molecular weight excluding hydrogens is 444 g/mol. The smallest absolute Gasteiger partial charge is 0.269 e. The number of aromatic nitrogens is 3. The minimum absolute atomic E-state index is 0.0323. The molecule has 0 aliphatic rings. The van der Waals surface area contributed by atoms with E-state index in [9.17, 15) is 19.7 Å². The van der Waals surface area contributed by atoms with Crippen LogP contribution in [0.1, 0.15) is 40.3 Å². The number of hydrogen-bond donors (Lipinski definition) is 2. The molecule has 1 aromatic heterocycles. The summed E-state index contributed by atoms with van der Waals surface area (Å²) in [4.78, 5) is 35.3. The Kier molecular flexibility index (Phi) is 7.44. The van der Waals surface area contributed by atoms with Crippen LogP contribution in [0.3, 0.4) is 0 Å². The summed E-state index contributed by atoms with van der Waals surface area (Å²) < 4.78 is 1.73. The summed E-state index contributed by atoms with van der Waals surface area (Å²) in [6.45, 7) is 5.38. The second kappa shape index (κ2) is 10.3. The summed E-state index contributed by atoms with van der Waals surface area (Å²) in [7, 11) is 1.77. The van der Waals surface area contributed by atoms with Gasteiger partial charge in [-0.05, 0) is 44.0 Å². The monoisotopic (exact) mass is 468 g/mol. The molecule has 0 saturated heterocycles. The second-order valence-electron chi connectivity index (χ2n) is 7.50. The number of rotatable bonds is 8. The lowest BCUT2D eigenvalue weighted by atomic mass is 10.1. The zero-order valence-electron chi connectivity index (χ0n) is 18.7. The Morgan fingerprint density at radius 1 is 1.15 bits per heavy atom. The van der Waals surface area contributed by atoms with Crippen molar-refractivity contribution in [1.29, 1.82) is 0 Å². The van der Waals surface area contributed by atoms with Crippen LogP contribution in [0.15, 0.2) is 47.6 Å². The van der Waals surface area contributed by atoms with E-state index < -0.39 is 4.92 Å². The maximum atomic E-state index is 12.6. The van der Waals surface area contributed by atoms with E-state index in [0.29, 0.717) is 27.8 Å². The number of non-ortho nitro benzene ring substituents is 1. The number of carbonyl (C=O) groups excluding carboxylic acids is 2. The first kappa shape index (κ1) is 23.9. The van der Waals surface area contributed by atoms with Crippen LogP contribution in [0.5, 0.6) is 0 Å². The number of nitro groups is 1. The molecule has 0 radical (unpaired) electrons. The maximum absolute atomic E-state index is 12.6. The molecule has 1 heterocycles. The Morgan fingerprint density at radius 3 is 2.55 bits per heavy atom. The van der Waals surface area contributed by atoms with Gasteiger partial charge in [0.2, 0.25) is 5.91 Å². The average molecular weight is 469 g/mol. The lowest BCUT2D eigenvalue weighted by Gasteiger charge is -2.14. The topological polar surface area (TPSA) is 132 Å². The predicted octanol–water partition coefficient (Wildman–Crippen LogP) is 3.56. The molecule has 0 aliphatic carbocycles. The number of anilines is 1. The van der Waals surface area contributed by atoms with Gasteiger partial charge in [0.15, 0.2) is 11.0 Å². The molecule has 0 spiro atoms. The first-order chi connectivity index (χ1) is 15.7. The van der Waals surface area contributed by atoms with Gasteiger partial charge >= 0.3 is 0 Å². The SMILES string of the molecule is Cc1cc([N+](=O)[O-])ccc1NC(=O)CSc1nnc(C(C)NC(=O)c2ccccc2C)n1C. The number of thioether (sulfide) groups is 1. The van der Waals surface area contributed by atoms with Gasteiger partial charge in [0.25, 0.3) is 11.6 Å². The normalized spacial score (nSPS) is 11.6. The minimum Gasteiger partial charge on any atom is -0.342 e. The number of nitrogens with one attached hydrogen (secondary N) is 2. The molecule has 3 aromatic rings. The number of nitro benzene ring substituents is 1. The van der Waals surface area contributed by atoms with Crippen molar-refractivity contribution in [2.45, 2.75) is 32.0 Å². The number of amides is 2. The summed E-state index contributed by atoms with van der Waals surface area (Å²) >= 11 is 1.20. The van der Waals surface area contributed by atoms with Crippen LogP contribution in [0, 0.1) is 24.0 Å². The van der Waals surface area contributed by atoms with Crippen LogP contribution in [0.2, 0.25) is 0 Å². The quantitative estimate of drug-likeness (QED) is 0.293. The number of benzene rings is 2. The average Bonchev–Trinajstić information content (AvgIpc) is 3.14. The molecule has 0 bridgehead atoms. The fraction of sp³-hybridized carbons (Fsp3) is 0.273. The number of aryl methyl sites for hydroxylation is 2. The molecule has 1 unspecified atom stereocenters. The van der Waals surface area contributed by atoms with Crippen LogP contribution in [0.25, 0.3) is 0 Å². The molecule has 0 aliphatic heterocycles. The third kappa shape index (κ3) is 5.75. The zero-order chi connectivity index (χ0) is 24.1. The molecule has 2 N–H and O–H groups in total. The van der Waals surface area contributed by atoms with Crippen molar-refractivity contribution in [2.24, 2.45) is 7.05 Å². The van der Waals surface area contributed by atoms with Crippen LogP contribution < -0.4 is 10.6 Å². The molecule has 0 saturated carbocycles. The molecule has 3 rings (SSSR count). The van der Waals surface area contributed by atoms with Gasteiger partial charge in [-0.1, -0.05) is 30.0 Å². The van der Waals surface area contributed by atoms with E-state index in [1.54, 1.807) is 24.6 Å². The molecule has 2 aromatic carbocycles. The standard InChI is InChI=1S/C22H24N6O4S/c1-13-7-5-6-8-17(13)21(30)23-15(3)20-25-26-22(27(20)4)33-12-19(29)24-18-10-9-16(28(31)32)11-14(18)2/h5-11,15H,12H2,1-4H3,(H,23,30)(H,24,29). The van der Waals surface area contributed by atoms with Crippen molar-refractivity contribution < 1.29 is 14.5 Å². The van der Waals surface area contributed by atoms with Crippen molar-refractivity contribution in [2.75, 3.05) is 11.1 Å². The summed E-state index contributed by atoms with van der Waals surface area (Å²) in [6.07, 6.45) is 0. The Balaban J connectivity index is 1.59. The van der Waals surface area contributed by atoms with E-state index in [2.05, 4.69) is 20.8 Å². The van der Waals surface area contributed by atoms with E-state index in [-0.39, 0.29) is 29.3 Å². The fourth-order valence-electron chi connectivity index (χ4n) is 3.21. The second-order valence-corrected chi connectivity index (χ2v) is 8.45. The van der Waals surface area contributed by atoms with Crippen molar-refractivity contribution >= 4 is 35.0 Å². The lowest BCUT2D eigenvalue weighted by Crippen LogP contribution is -2.29. The van der Waals surface area contributed by atoms with Gasteiger partial charge in [0.1, 0.15) is 0 Å². The van der Waals surface area contributed by atoms with Gasteiger partial charge in [0.05, 0.1) is 16.7 Å². The van der Waals surface area contributed by atoms with Crippen molar-refractivity contribution in [3.63, 3.8) is 0 Å². The van der Waals surface area contributed by atoms with Gasteiger partial charge in [0, 0.05) is 30.4 Å². The third-order valence-corrected chi connectivity index (χ3v) is 6.04. The summed E-state index contributed by atoms with van der Waals surface area (Å²) in [5.41, 5.74) is 2.55. The predicted molar refractivity (Wildman–Crippen MR) is 125 cm³/mol. The number of carbonyl (C=O) groups is 2. The van der Waals surface area contributed by atoms with E-state index in [0.717, 1.165) is 5.56 Å². The Hall–Kier alpha value is -3.73. The first-order valence-corrected chi connectivity index (χ1v) is 11.1. The van der Waals surface area contributed by atoms with Crippen molar-refractivity contribution in [3.05, 3.63) is 75.1 Å². The van der Waals surface area contributed by atoms with Gasteiger partial charge in [-0.15, -0.1) is 10.2 Å². The van der Waals surface area contributed by atoms with Gasteiger partial charge in [-0.2, -0.15) is 0 Å². The summed E-state index contributed by atoms with van der Waals surface area (Å²) in [5, 5.41) is 25.3. The minimum atomic E-state index is -0.482. The number of hydrogen-bond acceptors (Lipinski definition) is 7. The van der Waals surface area contributed by atoms with Crippen LogP contribution in [-0.4, -0.2) is 37.3 Å². The third-order valence-electron chi connectivity index (χ3n) is 5.02. The Labute approximate surface area is 194 Å². The van der Waals surface area contributed by atoms with Gasteiger partial charge in [-0.3, -0.25) is 19.7 Å². The molecule has 2 amide bonds. The number of nitrogens with zero attached hydrogens (tertiary/aromatic N) is 4. The molecule has 10 nitrogen and oxygen atoms in total. The first-order valence-electron chi connectivity index (χ1n) is 10.1. The fourth-order valence-corrected chi connectivity index (χ4v) is 3.93. The van der Waals surface area contributed by atoms with E-state index >= 15 is 0 Å². The molecular formula is C22H24N6O4S. The Bertz CT molecular complexity index is 1210. The molecule has 33 heavy (non-hydrogen) atoms. The highest BCUT2D eigenvalue weighted by Gasteiger charge is 2.20. The molecule has 172 valence electrons. The van der Waals surface area contributed by atoms with E-state index in [1.165, 1.54) is 30.0 Å². The summed E-state index contributed by atoms with van der Waals surface area (Å²) in [6, 6.07) is 11.2. The molecule has 1 atom stereocenters. The highest BCUT2D eigenvalue weighted by Crippen LogP contribution is 2.23. The van der Waals surface area contributed by atoms with E-state index in [4.69, 9.17) is 0 Å². The highest BCUT2D eigenvalue weighted by atomic mass is 32.2. The van der Waals surface area contributed by atoms with Crippen molar-refractivity contribution in [3.8, 4) is 0 Å². The maximum Gasteiger partial charge on any atom is 0.269 e. The molecule has 0 fully saturated rings. The largest absolute Gasteiger partial charge is 0.342 e. The zero-order valence-corrected chi connectivity index (χ0v) is 19.5. The van der Waals surface area contributed by atoms with Crippen LogP contribution in [0.4, 0.5) is 11.4 Å². The summed E-state index contributed by atoms with van der Waals surface area (Å²) in [5.74, 6) is 0.163. The van der Waals surface area contributed by atoms with Gasteiger partial charge in [-0.25, -0.2) is 0 Å². The van der Waals surface area contributed by atoms with Crippen LogP contribution in [-0.2, 0) is 11.8 Å². The van der Waals surface area contributed by atoms with Crippen molar-refractivity contribution in [1.82, 2.24) is 20.1 Å². The highest BCUT2D eigenvalue weighted by molar-refractivity contribution is 7.99. The van der Waals surface area contributed by atoms with E-state index in [1.807, 2.05) is 32.0 Å². The van der Waals surface area contributed by atoms with Gasteiger partial charge < -0.3 is 15.2 Å².